The number of nitrogens with one attached hydrogen (secondary N) is 2. The summed E-state index contributed by atoms with van der Waals surface area (Å²) in [6.45, 7) is 4.43. The van der Waals surface area contributed by atoms with Gasteiger partial charge in [-0.1, -0.05) is 112 Å². The van der Waals surface area contributed by atoms with Crippen LogP contribution in [0.1, 0.15) is 76.3 Å². The van der Waals surface area contributed by atoms with Crippen molar-refractivity contribution >= 4 is 41.9 Å². The standard InChI is InChI=1S/C29H38N4S/c1-3-5-9-19-27(21-25-15-11-7-12-16-25)23-30-32-29(34)33-31-24-28(20-10-6-4-2)22-26-17-13-8-14-18-26/h7-8,11-18,21-24H,3-6,9-10,19-20H2,1-2H3,(H2,32,33,34)/b27-21-,28-22-,30-23+,31-24+. The van der Waals surface area contributed by atoms with Crippen LogP contribution < -0.4 is 10.9 Å². The lowest BCUT2D eigenvalue weighted by atomic mass is 10.1. The third-order valence-corrected chi connectivity index (χ3v) is 5.42. The Hall–Kier alpha value is -3.05. The molecular weight excluding hydrogens is 436 g/mol. The number of unbranched alkanes of at least 4 members (excludes halogenated alkanes) is 4. The summed E-state index contributed by atoms with van der Waals surface area (Å²) >= 11 is 5.34. The molecule has 2 aromatic carbocycles. The molecule has 0 aliphatic rings. The van der Waals surface area contributed by atoms with Gasteiger partial charge in [0.1, 0.15) is 0 Å². The molecule has 2 N–H and O–H groups in total. The number of hydrogen-bond acceptors (Lipinski definition) is 3. The van der Waals surface area contributed by atoms with Crippen molar-refractivity contribution in [2.75, 3.05) is 0 Å². The van der Waals surface area contributed by atoms with E-state index in [0.29, 0.717) is 5.11 Å². The average Bonchev–Trinajstić information content (AvgIpc) is 2.85. The first-order valence-electron chi connectivity index (χ1n) is 12.3. The highest BCUT2D eigenvalue weighted by Crippen LogP contribution is 2.13. The summed E-state index contributed by atoms with van der Waals surface area (Å²) in [5.41, 5.74) is 10.4. The van der Waals surface area contributed by atoms with Gasteiger partial charge in [0.05, 0.1) is 12.4 Å². The zero-order valence-electron chi connectivity index (χ0n) is 20.5. The molecule has 180 valence electrons. The minimum atomic E-state index is 0.368. The zero-order chi connectivity index (χ0) is 24.3. The van der Waals surface area contributed by atoms with Crippen molar-refractivity contribution in [1.29, 1.82) is 0 Å². The Morgan fingerprint density at radius 1 is 0.676 bits per heavy atom. The summed E-state index contributed by atoms with van der Waals surface area (Å²) < 4.78 is 0. The van der Waals surface area contributed by atoms with Crippen LogP contribution in [-0.4, -0.2) is 17.5 Å². The van der Waals surface area contributed by atoms with Crippen LogP contribution >= 0.6 is 12.2 Å². The van der Waals surface area contributed by atoms with E-state index in [2.05, 4.69) is 71.3 Å². The molecule has 0 atom stereocenters. The topological polar surface area (TPSA) is 48.8 Å². The van der Waals surface area contributed by atoms with Crippen LogP contribution in [0.2, 0.25) is 0 Å². The molecule has 5 heteroatoms. The van der Waals surface area contributed by atoms with Gasteiger partial charge in [-0.15, -0.1) is 0 Å². The molecule has 2 aromatic rings. The van der Waals surface area contributed by atoms with Crippen molar-refractivity contribution in [1.82, 2.24) is 10.9 Å². The van der Waals surface area contributed by atoms with Crippen molar-refractivity contribution in [3.63, 3.8) is 0 Å². The van der Waals surface area contributed by atoms with E-state index in [4.69, 9.17) is 12.2 Å². The van der Waals surface area contributed by atoms with Crippen LogP contribution in [0.5, 0.6) is 0 Å². The van der Waals surface area contributed by atoms with Gasteiger partial charge in [-0.25, -0.2) is 0 Å². The molecule has 0 heterocycles. The van der Waals surface area contributed by atoms with Gasteiger partial charge in [0, 0.05) is 0 Å². The summed E-state index contributed by atoms with van der Waals surface area (Å²) in [6.07, 6.45) is 17.1. The Kier molecular flexibility index (Phi) is 13.9. The van der Waals surface area contributed by atoms with E-state index >= 15 is 0 Å². The van der Waals surface area contributed by atoms with Crippen molar-refractivity contribution < 1.29 is 0 Å². The molecular formula is C29H38N4S. The monoisotopic (exact) mass is 474 g/mol. The molecule has 2 rings (SSSR count). The second-order valence-corrected chi connectivity index (χ2v) is 8.65. The molecule has 4 nitrogen and oxygen atoms in total. The van der Waals surface area contributed by atoms with Gasteiger partial charge in [-0.2, -0.15) is 10.2 Å². The second-order valence-electron chi connectivity index (χ2n) is 8.24. The largest absolute Gasteiger partial charge is 0.252 e. The van der Waals surface area contributed by atoms with Crippen molar-refractivity contribution in [2.45, 2.75) is 65.2 Å². The van der Waals surface area contributed by atoms with E-state index in [0.717, 1.165) is 25.7 Å². The minimum Gasteiger partial charge on any atom is -0.252 e. The first-order chi connectivity index (χ1) is 16.7. The number of allylic oxidation sites excluding steroid dienone is 2. The Morgan fingerprint density at radius 2 is 1.09 bits per heavy atom. The molecule has 0 unspecified atom stereocenters. The maximum absolute atomic E-state index is 5.34. The highest BCUT2D eigenvalue weighted by atomic mass is 32.1. The third kappa shape index (κ3) is 12.3. The molecule has 0 fully saturated rings. The summed E-state index contributed by atoms with van der Waals surface area (Å²) in [5, 5.41) is 9.04. The quantitative estimate of drug-likeness (QED) is 0.127. The van der Waals surface area contributed by atoms with E-state index in [1.54, 1.807) is 0 Å². The normalized spacial score (nSPS) is 12.4. The Bertz CT molecular complexity index is 869. The van der Waals surface area contributed by atoms with E-state index in [1.165, 1.54) is 48.0 Å². The summed E-state index contributed by atoms with van der Waals surface area (Å²) in [5.74, 6) is 0. The SMILES string of the molecule is CCCCCC(=C/c1ccccc1)/C=N/NC(=S)N/N=C/C(=C\c1ccccc1)CCCCC. The van der Waals surface area contributed by atoms with E-state index in [1.807, 2.05) is 48.8 Å². The third-order valence-electron chi connectivity index (χ3n) is 5.23. The van der Waals surface area contributed by atoms with Crippen molar-refractivity contribution in [3.05, 3.63) is 82.9 Å². The fraction of sp³-hybridized carbons (Fsp3) is 0.345. The molecule has 0 aromatic heterocycles. The highest BCUT2D eigenvalue weighted by molar-refractivity contribution is 7.80. The zero-order valence-corrected chi connectivity index (χ0v) is 21.4. The van der Waals surface area contributed by atoms with Crippen molar-refractivity contribution in [2.24, 2.45) is 10.2 Å². The van der Waals surface area contributed by atoms with Gasteiger partial charge in [0.15, 0.2) is 0 Å². The maximum atomic E-state index is 5.34. The number of thiocarbonyl (C=S) groups is 1. The van der Waals surface area contributed by atoms with Crippen LogP contribution in [0.25, 0.3) is 12.2 Å². The Balaban J connectivity index is 1.93. The van der Waals surface area contributed by atoms with Crippen LogP contribution in [-0.2, 0) is 0 Å². The molecule has 0 spiro atoms. The number of nitrogens with zero attached hydrogens (tertiary/aromatic N) is 2. The Labute approximate surface area is 211 Å². The molecule has 34 heavy (non-hydrogen) atoms. The number of rotatable bonds is 14. The van der Waals surface area contributed by atoms with Gasteiger partial charge in [-0.05, 0) is 60.2 Å². The minimum absolute atomic E-state index is 0.368. The lowest BCUT2D eigenvalue weighted by Crippen LogP contribution is -2.28. The summed E-state index contributed by atoms with van der Waals surface area (Å²) in [6, 6.07) is 20.6. The predicted molar refractivity (Wildman–Crippen MR) is 153 cm³/mol. The highest BCUT2D eigenvalue weighted by Gasteiger charge is 1.98. The summed E-state index contributed by atoms with van der Waals surface area (Å²) in [7, 11) is 0. The molecule has 0 saturated heterocycles. The summed E-state index contributed by atoms with van der Waals surface area (Å²) in [4.78, 5) is 0. The fourth-order valence-corrected chi connectivity index (χ4v) is 3.51. The van der Waals surface area contributed by atoms with E-state index < -0.39 is 0 Å². The Morgan fingerprint density at radius 3 is 1.47 bits per heavy atom. The van der Waals surface area contributed by atoms with Crippen LogP contribution in [0.4, 0.5) is 0 Å². The van der Waals surface area contributed by atoms with Gasteiger partial charge in [0.2, 0.25) is 5.11 Å². The van der Waals surface area contributed by atoms with Crippen LogP contribution in [0.15, 0.2) is 82.0 Å². The predicted octanol–water partition coefficient (Wildman–Crippen LogP) is 7.75. The van der Waals surface area contributed by atoms with Crippen LogP contribution in [0, 0.1) is 0 Å². The molecule has 0 aliphatic carbocycles. The van der Waals surface area contributed by atoms with Gasteiger partial charge < -0.3 is 0 Å². The van der Waals surface area contributed by atoms with Gasteiger partial charge >= 0.3 is 0 Å². The first-order valence-corrected chi connectivity index (χ1v) is 12.8. The molecule has 0 saturated carbocycles. The first kappa shape index (κ1) is 27.2. The fourth-order valence-electron chi connectivity index (χ4n) is 3.41. The number of hydrogen-bond donors (Lipinski definition) is 2. The number of hydrazone groups is 2. The second kappa shape index (κ2) is 17.4. The van der Waals surface area contributed by atoms with Gasteiger partial charge in [-0.3, -0.25) is 10.9 Å². The van der Waals surface area contributed by atoms with E-state index in [-0.39, 0.29) is 0 Å². The smallest absolute Gasteiger partial charge is 0.207 e. The van der Waals surface area contributed by atoms with E-state index in [9.17, 15) is 0 Å². The molecule has 0 radical (unpaired) electrons. The van der Waals surface area contributed by atoms with Crippen LogP contribution in [0.3, 0.4) is 0 Å². The molecule has 0 bridgehead atoms. The lowest BCUT2D eigenvalue weighted by molar-refractivity contribution is 0.724. The van der Waals surface area contributed by atoms with Gasteiger partial charge in [0.25, 0.3) is 0 Å². The maximum Gasteiger partial charge on any atom is 0.207 e. The molecule has 0 amide bonds. The molecule has 0 aliphatic heterocycles. The lowest BCUT2D eigenvalue weighted by Gasteiger charge is -2.05. The average molecular weight is 475 g/mol. The number of benzene rings is 2. The van der Waals surface area contributed by atoms with Crippen molar-refractivity contribution in [3.8, 4) is 0 Å².